The third-order valence-corrected chi connectivity index (χ3v) is 1.89. The van der Waals surface area contributed by atoms with E-state index in [1.165, 1.54) is 0 Å². The molecule has 0 saturated carbocycles. The van der Waals surface area contributed by atoms with Crippen molar-refractivity contribution in [3.63, 3.8) is 0 Å². The molecule has 0 aromatic heterocycles. The number of rotatable bonds is 4. The Bertz CT molecular complexity index is 156. The van der Waals surface area contributed by atoms with Crippen LogP contribution in [-0.4, -0.2) is 15.4 Å². The lowest BCUT2D eigenvalue weighted by molar-refractivity contribution is 0.144. The molecule has 0 aliphatic carbocycles. The zero-order valence-electron chi connectivity index (χ0n) is 8.97. The van der Waals surface area contributed by atoms with Gasteiger partial charge in [-0.15, -0.1) is 0 Å². The molecule has 2 nitrogen and oxygen atoms in total. The first-order chi connectivity index (χ1) is 5.35. The Hall–Kier alpha value is -0.443. The van der Waals surface area contributed by atoms with Gasteiger partial charge in [0, 0.05) is 0 Å². The molecule has 0 rings (SSSR count). The predicted octanol–water partition coefficient (Wildman–Crippen LogP) is 2.98. The minimum atomic E-state index is -1.50. The van der Waals surface area contributed by atoms with E-state index in [0.29, 0.717) is 11.9 Å². The first-order valence-electron chi connectivity index (χ1n) is 4.30. The van der Waals surface area contributed by atoms with Crippen LogP contribution in [0.2, 0.25) is 19.6 Å². The molecule has 0 atom stereocenters. The molecule has 0 fully saturated rings. The monoisotopic (exact) mass is 188 g/mol. The Labute approximate surface area is 76.7 Å². The lowest BCUT2D eigenvalue weighted by Gasteiger charge is -2.20. The van der Waals surface area contributed by atoms with Crippen molar-refractivity contribution in [2.24, 2.45) is 5.92 Å². The van der Waals surface area contributed by atoms with E-state index < -0.39 is 8.32 Å². The van der Waals surface area contributed by atoms with Gasteiger partial charge in [-0.05, 0) is 31.6 Å². The summed E-state index contributed by atoms with van der Waals surface area (Å²) in [5, 5.41) is 0. The van der Waals surface area contributed by atoms with Gasteiger partial charge in [-0.25, -0.2) is 0 Å². The number of hydrogen-bond acceptors (Lipinski definition) is 2. The van der Waals surface area contributed by atoms with Crippen LogP contribution in [0.4, 0.5) is 0 Å². The molecule has 0 amide bonds. The highest BCUT2D eigenvalue weighted by Gasteiger charge is 2.18. The summed E-state index contributed by atoms with van der Waals surface area (Å²) in [5.41, 5.74) is 0. The molecule has 0 radical (unpaired) electrons. The van der Waals surface area contributed by atoms with Crippen LogP contribution >= 0.6 is 0 Å². The van der Waals surface area contributed by atoms with Crippen LogP contribution in [0.3, 0.4) is 0 Å². The second-order valence-corrected chi connectivity index (χ2v) is 8.58. The zero-order valence-corrected chi connectivity index (χ0v) is 9.97. The molecule has 12 heavy (non-hydrogen) atoms. The molecule has 0 unspecified atom stereocenters. The Morgan fingerprint density at radius 2 is 1.75 bits per heavy atom. The fourth-order valence-electron chi connectivity index (χ4n) is 0.718. The van der Waals surface area contributed by atoms with E-state index in [1.807, 2.05) is 6.08 Å². The SMILES string of the molecule is CO/C(=C/C(C)C)O[Si](C)(C)C. The third-order valence-electron chi connectivity index (χ3n) is 1.08. The van der Waals surface area contributed by atoms with Crippen molar-refractivity contribution in [1.82, 2.24) is 0 Å². The van der Waals surface area contributed by atoms with Gasteiger partial charge >= 0.3 is 0 Å². The highest BCUT2D eigenvalue weighted by Crippen LogP contribution is 2.12. The molecule has 0 heterocycles. The number of hydrogen-bond donors (Lipinski definition) is 0. The summed E-state index contributed by atoms with van der Waals surface area (Å²) in [5.74, 6) is 1.14. The molecule has 0 N–H and O–H groups in total. The third kappa shape index (κ3) is 6.28. The second-order valence-electron chi connectivity index (χ2n) is 4.15. The minimum absolute atomic E-state index is 0.469. The molecular formula is C9H20O2Si. The van der Waals surface area contributed by atoms with Gasteiger partial charge in [-0.1, -0.05) is 13.8 Å². The van der Waals surface area contributed by atoms with Gasteiger partial charge in [0.15, 0.2) is 0 Å². The zero-order chi connectivity index (χ0) is 9.78. The van der Waals surface area contributed by atoms with E-state index in [-0.39, 0.29) is 0 Å². The van der Waals surface area contributed by atoms with Crippen molar-refractivity contribution in [2.45, 2.75) is 33.5 Å². The van der Waals surface area contributed by atoms with Crippen molar-refractivity contribution >= 4 is 8.32 Å². The number of ether oxygens (including phenoxy) is 1. The van der Waals surface area contributed by atoms with Gasteiger partial charge in [0.1, 0.15) is 0 Å². The van der Waals surface area contributed by atoms with E-state index in [9.17, 15) is 0 Å². The predicted molar refractivity (Wildman–Crippen MR) is 54.4 cm³/mol. The van der Waals surface area contributed by atoms with E-state index in [1.54, 1.807) is 7.11 Å². The van der Waals surface area contributed by atoms with Gasteiger partial charge < -0.3 is 9.16 Å². The number of methoxy groups -OCH3 is 1. The Morgan fingerprint density at radius 3 is 2.00 bits per heavy atom. The molecule has 72 valence electrons. The normalized spacial score (nSPS) is 13.4. The molecule has 0 spiro atoms. The molecule has 3 heteroatoms. The van der Waals surface area contributed by atoms with Crippen LogP contribution in [0, 0.1) is 5.92 Å². The molecule has 0 aliphatic heterocycles. The molecule has 0 aliphatic rings. The lowest BCUT2D eigenvalue weighted by Crippen LogP contribution is -2.25. The van der Waals surface area contributed by atoms with Crippen LogP contribution in [0.25, 0.3) is 0 Å². The second kappa shape index (κ2) is 4.55. The van der Waals surface area contributed by atoms with E-state index in [4.69, 9.17) is 9.16 Å². The van der Waals surface area contributed by atoms with Crippen molar-refractivity contribution in [1.29, 1.82) is 0 Å². The Balaban J connectivity index is 4.18. The summed E-state index contributed by atoms with van der Waals surface area (Å²) >= 11 is 0. The minimum Gasteiger partial charge on any atom is -0.520 e. The maximum atomic E-state index is 5.68. The van der Waals surface area contributed by atoms with E-state index in [2.05, 4.69) is 33.5 Å². The highest BCUT2D eigenvalue weighted by molar-refractivity contribution is 6.69. The van der Waals surface area contributed by atoms with Gasteiger partial charge in [0.05, 0.1) is 7.11 Å². The smallest absolute Gasteiger partial charge is 0.261 e. The quantitative estimate of drug-likeness (QED) is 0.499. The summed E-state index contributed by atoms with van der Waals surface area (Å²) in [6.07, 6.45) is 2.00. The molecule has 0 saturated heterocycles. The largest absolute Gasteiger partial charge is 0.520 e. The van der Waals surface area contributed by atoms with Crippen molar-refractivity contribution in [3.05, 3.63) is 12.0 Å². The summed E-state index contributed by atoms with van der Waals surface area (Å²) < 4.78 is 10.8. The first-order valence-corrected chi connectivity index (χ1v) is 7.71. The van der Waals surface area contributed by atoms with Crippen molar-refractivity contribution in [3.8, 4) is 0 Å². The summed E-state index contributed by atoms with van der Waals surface area (Å²) in [6.45, 7) is 10.6. The van der Waals surface area contributed by atoms with Crippen LogP contribution in [-0.2, 0) is 9.16 Å². The summed E-state index contributed by atoms with van der Waals surface area (Å²) in [6, 6.07) is 0. The topological polar surface area (TPSA) is 18.5 Å². The summed E-state index contributed by atoms with van der Waals surface area (Å²) in [7, 11) is 0.146. The average molecular weight is 188 g/mol. The number of allylic oxidation sites excluding steroid dienone is 1. The maximum absolute atomic E-state index is 5.68. The fourth-order valence-corrected chi connectivity index (χ4v) is 1.47. The van der Waals surface area contributed by atoms with Crippen molar-refractivity contribution in [2.75, 3.05) is 7.11 Å². The maximum Gasteiger partial charge on any atom is 0.261 e. The van der Waals surface area contributed by atoms with E-state index >= 15 is 0 Å². The van der Waals surface area contributed by atoms with Crippen LogP contribution in [0.5, 0.6) is 0 Å². The van der Waals surface area contributed by atoms with Crippen LogP contribution < -0.4 is 0 Å². The summed E-state index contributed by atoms with van der Waals surface area (Å²) in [4.78, 5) is 0. The fraction of sp³-hybridized carbons (Fsp3) is 0.778. The molecule has 0 aromatic carbocycles. The van der Waals surface area contributed by atoms with Crippen molar-refractivity contribution < 1.29 is 9.16 Å². The van der Waals surface area contributed by atoms with Crippen LogP contribution in [0.1, 0.15) is 13.8 Å². The van der Waals surface area contributed by atoms with Gasteiger partial charge in [0.2, 0.25) is 8.32 Å². The Kier molecular flexibility index (Phi) is 4.38. The van der Waals surface area contributed by atoms with Gasteiger partial charge in [0.25, 0.3) is 5.95 Å². The lowest BCUT2D eigenvalue weighted by atomic mass is 10.2. The first kappa shape index (κ1) is 11.6. The standard InChI is InChI=1S/C9H20O2Si/c1-8(2)7-9(10-3)11-12(4,5)6/h7-8H,1-6H3/b9-7-. The van der Waals surface area contributed by atoms with E-state index in [0.717, 1.165) is 0 Å². The molecule has 0 bridgehead atoms. The van der Waals surface area contributed by atoms with Gasteiger partial charge in [-0.2, -0.15) is 0 Å². The molecule has 0 aromatic rings. The van der Waals surface area contributed by atoms with Crippen LogP contribution in [0.15, 0.2) is 12.0 Å². The molecular weight excluding hydrogens is 168 g/mol. The van der Waals surface area contributed by atoms with Gasteiger partial charge in [-0.3, -0.25) is 0 Å². The average Bonchev–Trinajstić information content (AvgIpc) is 1.82. The highest BCUT2D eigenvalue weighted by atomic mass is 28.4. The Morgan fingerprint density at radius 1 is 1.25 bits per heavy atom.